The molecule has 2 aromatic carbocycles. The van der Waals surface area contributed by atoms with Crippen LogP contribution in [0.1, 0.15) is 38.2 Å². The Bertz CT molecular complexity index is 1190. The minimum atomic E-state index is -4.03. The molecule has 0 aromatic heterocycles. The lowest BCUT2D eigenvalue weighted by molar-refractivity contribution is -0.139. The molecule has 1 aliphatic carbocycles. The molecular weight excluding hydrogens is 544 g/mol. The Morgan fingerprint density at radius 2 is 1.80 bits per heavy atom. The zero-order valence-corrected chi connectivity index (χ0v) is 21.9. The number of carbonyl (C=O) groups is 2. The average molecular weight is 572 g/mol. The summed E-state index contributed by atoms with van der Waals surface area (Å²) in [5, 5.41) is 2.97. The predicted octanol–water partition coefficient (Wildman–Crippen LogP) is 3.97. The van der Waals surface area contributed by atoms with Crippen LogP contribution in [0.5, 0.6) is 0 Å². The fraction of sp³-hybridized carbons (Fsp3) is 0.417. The highest BCUT2D eigenvalue weighted by atomic mass is 79.9. The van der Waals surface area contributed by atoms with Gasteiger partial charge in [0, 0.05) is 23.1 Å². The van der Waals surface area contributed by atoms with E-state index in [-0.39, 0.29) is 24.2 Å². The minimum Gasteiger partial charge on any atom is -0.352 e. The van der Waals surface area contributed by atoms with Crippen LogP contribution in [0.25, 0.3) is 0 Å². The number of benzene rings is 2. The van der Waals surface area contributed by atoms with Gasteiger partial charge >= 0.3 is 0 Å². The highest BCUT2D eigenvalue weighted by molar-refractivity contribution is 9.10. The Morgan fingerprint density at radius 3 is 2.40 bits per heavy atom. The molecule has 1 atom stereocenters. The molecule has 7 nitrogen and oxygen atoms in total. The van der Waals surface area contributed by atoms with Crippen molar-refractivity contribution in [1.29, 1.82) is 0 Å². The number of hydrogen-bond acceptors (Lipinski definition) is 4. The molecule has 190 valence electrons. The van der Waals surface area contributed by atoms with Crippen molar-refractivity contribution in [2.45, 2.75) is 51.2 Å². The standard InChI is InChI=1S/C24H28BrF2N3O4S/c1-16(24(32)28-19-8-3-4-9-19)29(14-17-6-5-7-18(25)12-17)23(31)15-30(35(2,33)34)20-10-11-21(26)22(27)13-20/h5-7,10-13,16,19H,3-4,8-9,14-15H2,1-2H3,(H,28,32). The largest absolute Gasteiger partial charge is 0.352 e. The van der Waals surface area contributed by atoms with Gasteiger partial charge < -0.3 is 10.2 Å². The summed E-state index contributed by atoms with van der Waals surface area (Å²) in [6.45, 7) is 0.953. The Labute approximate surface area is 212 Å². The smallest absolute Gasteiger partial charge is 0.244 e. The second-order valence-electron chi connectivity index (χ2n) is 8.69. The van der Waals surface area contributed by atoms with Crippen molar-refractivity contribution in [3.05, 3.63) is 64.1 Å². The number of nitrogens with zero attached hydrogens (tertiary/aromatic N) is 2. The minimum absolute atomic E-state index is 0.0440. The molecule has 3 rings (SSSR count). The van der Waals surface area contributed by atoms with Crippen molar-refractivity contribution in [2.75, 3.05) is 17.1 Å². The molecule has 0 radical (unpaired) electrons. The summed E-state index contributed by atoms with van der Waals surface area (Å²) in [5.74, 6) is -3.37. The zero-order valence-electron chi connectivity index (χ0n) is 19.5. The Kier molecular flexibility index (Phi) is 8.87. The summed E-state index contributed by atoms with van der Waals surface area (Å²) in [5.41, 5.74) is 0.539. The SMILES string of the molecule is CC(C(=O)NC1CCCC1)N(Cc1cccc(Br)c1)C(=O)CN(c1ccc(F)c(F)c1)S(C)(=O)=O. The molecular formula is C24H28BrF2N3O4S. The third-order valence-electron chi connectivity index (χ3n) is 5.98. The maximum atomic E-state index is 13.8. The van der Waals surface area contributed by atoms with E-state index in [0.717, 1.165) is 60.2 Å². The topological polar surface area (TPSA) is 86.8 Å². The van der Waals surface area contributed by atoms with Gasteiger partial charge in [-0.05, 0) is 49.6 Å². The van der Waals surface area contributed by atoms with Gasteiger partial charge in [-0.1, -0.05) is 40.9 Å². The normalized spacial score (nSPS) is 15.0. The Balaban J connectivity index is 1.89. The number of anilines is 1. The fourth-order valence-electron chi connectivity index (χ4n) is 4.06. The van der Waals surface area contributed by atoms with Gasteiger partial charge in [-0.3, -0.25) is 13.9 Å². The van der Waals surface area contributed by atoms with Crippen molar-refractivity contribution in [2.24, 2.45) is 0 Å². The molecule has 1 saturated carbocycles. The second kappa shape index (κ2) is 11.5. The third-order valence-corrected chi connectivity index (χ3v) is 7.61. The first-order valence-electron chi connectivity index (χ1n) is 11.2. The molecule has 0 bridgehead atoms. The van der Waals surface area contributed by atoms with Gasteiger partial charge in [0.1, 0.15) is 12.6 Å². The number of hydrogen-bond donors (Lipinski definition) is 1. The van der Waals surface area contributed by atoms with Gasteiger partial charge in [0.2, 0.25) is 21.8 Å². The maximum absolute atomic E-state index is 13.8. The van der Waals surface area contributed by atoms with Crippen LogP contribution in [0, 0.1) is 11.6 Å². The van der Waals surface area contributed by atoms with Crippen LogP contribution >= 0.6 is 15.9 Å². The molecule has 0 spiro atoms. The van der Waals surface area contributed by atoms with Gasteiger partial charge in [0.25, 0.3) is 0 Å². The van der Waals surface area contributed by atoms with Crippen molar-refractivity contribution in [3.63, 3.8) is 0 Å². The molecule has 0 aliphatic heterocycles. The Hall–Kier alpha value is -2.53. The first kappa shape index (κ1) is 27.1. The Morgan fingerprint density at radius 1 is 1.11 bits per heavy atom. The van der Waals surface area contributed by atoms with E-state index >= 15 is 0 Å². The van der Waals surface area contributed by atoms with Gasteiger partial charge in [-0.2, -0.15) is 0 Å². The van der Waals surface area contributed by atoms with E-state index in [4.69, 9.17) is 0 Å². The molecule has 1 unspecified atom stereocenters. The molecule has 0 heterocycles. The lowest BCUT2D eigenvalue weighted by atomic mass is 10.1. The van der Waals surface area contributed by atoms with Gasteiger partial charge in [0.15, 0.2) is 11.6 Å². The molecule has 1 N–H and O–H groups in total. The highest BCUT2D eigenvalue weighted by Crippen LogP contribution is 2.23. The molecule has 35 heavy (non-hydrogen) atoms. The number of rotatable bonds is 9. The van der Waals surface area contributed by atoms with Crippen LogP contribution in [0.3, 0.4) is 0 Å². The number of nitrogens with one attached hydrogen (secondary N) is 1. The lowest BCUT2D eigenvalue weighted by Gasteiger charge is -2.32. The van der Waals surface area contributed by atoms with Crippen LogP contribution < -0.4 is 9.62 Å². The molecule has 11 heteroatoms. The van der Waals surface area contributed by atoms with Gasteiger partial charge in [-0.15, -0.1) is 0 Å². The number of sulfonamides is 1. The molecule has 1 aliphatic rings. The first-order valence-corrected chi connectivity index (χ1v) is 13.9. The van der Waals surface area contributed by atoms with Crippen LogP contribution in [0.4, 0.5) is 14.5 Å². The van der Waals surface area contributed by atoms with Crippen LogP contribution in [0.15, 0.2) is 46.9 Å². The molecule has 1 fully saturated rings. The summed E-state index contributed by atoms with van der Waals surface area (Å²) >= 11 is 3.39. The molecule has 0 saturated heterocycles. The van der Waals surface area contributed by atoms with Gasteiger partial charge in [-0.25, -0.2) is 17.2 Å². The van der Waals surface area contributed by atoms with E-state index in [9.17, 15) is 26.8 Å². The second-order valence-corrected chi connectivity index (χ2v) is 11.5. The maximum Gasteiger partial charge on any atom is 0.244 e. The van der Waals surface area contributed by atoms with E-state index in [1.165, 1.54) is 4.90 Å². The van der Waals surface area contributed by atoms with Gasteiger partial charge in [0.05, 0.1) is 11.9 Å². The van der Waals surface area contributed by atoms with Crippen LogP contribution in [-0.2, 0) is 26.2 Å². The van der Waals surface area contributed by atoms with Crippen molar-refractivity contribution < 1.29 is 26.8 Å². The fourth-order valence-corrected chi connectivity index (χ4v) is 5.35. The summed E-state index contributed by atoms with van der Waals surface area (Å²) in [6.07, 6.45) is 4.66. The summed E-state index contributed by atoms with van der Waals surface area (Å²) < 4.78 is 53.7. The number of halogens is 3. The summed E-state index contributed by atoms with van der Waals surface area (Å²) in [6, 6.07) is 8.94. The molecule has 2 amide bonds. The zero-order chi connectivity index (χ0) is 25.8. The van der Waals surface area contributed by atoms with E-state index < -0.39 is 40.2 Å². The highest BCUT2D eigenvalue weighted by Gasteiger charge is 2.31. The average Bonchev–Trinajstić information content (AvgIpc) is 3.29. The van der Waals surface area contributed by atoms with Crippen LogP contribution in [0.2, 0.25) is 0 Å². The van der Waals surface area contributed by atoms with E-state index in [1.54, 1.807) is 25.1 Å². The lowest BCUT2D eigenvalue weighted by Crippen LogP contribution is -2.52. The summed E-state index contributed by atoms with van der Waals surface area (Å²) in [7, 11) is -4.03. The van der Waals surface area contributed by atoms with Crippen LogP contribution in [-0.4, -0.2) is 50.0 Å². The van der Waals surface area contributed by atoms with Crippen molar-refractivity contribution in [1.82, 2.24) is 10.2 Å². The van der Waals surface area contributed by atoms with E-state index in [2.05, 4.69) is 21.2 Å². The van der Waals surface area contributed by atoms with E-state index in [0.29, 0.717) is 4.31 Å². The first-order chi connectivity index (χ1) is 16.5. The van der Waals surface area contributed by atoms with Crippen molar-refractivity contribution >= 4 is 43.5 Å². The third kappa shape index (κ3) is 7.23. The van der Waals surface area contributed by atoms with E-state index in [1.807, 2.05) is 6.07 Å². The predicted molar refractivity (Wildman–Crippen MR) is 133 cm³/mol. The van der Waals surface area contributed by atoms with Crippen molar-refractivity contribution in [3.8, 4) is 0 Å². The molecule has 2 aromatic rings. The monoisotopic (exact) mass is 571 g/mol. The summed E-state index contributed by atoms with van der Waals surface area (Å²) in [4.78, 5) is 27.8. The quantitative estimate of drug-likeness (QED) is 0.493. The number of amides is 2. The number of carbonyl (C=O) groups excluding carboxylic acids is 2.